The second-order valence-electron chi connectivity index (χ2n) is 5.01. The third-order valence-corrected chi connectivity index (χ3v) is 2.88. The topological polar surface area (TPSA) is 30.5 Å². The molecule has 1 aromatic rings. The van der Waals surface area contributed by atoms with Crippen LogP contribution in [0.15, 0.2) is 24.3 Å². The van der Waals surface area contributed by atoms with E-state index in [0.717, 1.165) is 18.7 Å². The molecule has 19 heavy (non-hydrogen) atoms. The molecule has 1 atom stereocenters. The molecular weight excluding hydrogens is 238 g/mol. The molecular formula is C16H27NO2. The largest absolute Gasteiger partial charge is 0.491 e. The van der Waals surface area contributed by atoms with Crippen LogP contribution in [0.5, 0.6) is 5.75 Å². The molecule has 0 aromatic heterocycles. The van der Waals surface area contributed by atoms with E-state index in [2.05, 4.69) is 31.3 Å². The van der Waals surface area contributed by atoms with Crippen LogP contribution in [0.3, 0.4) is 0 Å². The van der Waals surface area contributed by atoms with Crippen LogP contribution in [0.1, 0.15) is 45.7 Å². The van der Waals surface area contributed by atoms with Gasteiger partial charge >= 0.3 is 0 Å². The maximum Gasteiger partial charge on any atom is 0.119 e. The second-order valence-corrected chi connectivity index (χ2v) is 5.01. The Morgan fingerprint density at radius 2 is 1.74 bits per heavy atom. The van der Waals surface area contributed by atoms with Crippen LogP contribution in [0.25, 0.3) is 0 Å². The summed E-state index contributed by atoms with van der Waals surface area (Å²) in [6, 6.07) is 8.67. The minimum Gasteiger partial charge on any atom is -0.491 e. The summed E-state index contributed by atoms with van der Waals surface area (Å²) in [5, 5.41) is 3.47. The van der Waals surface area contributed by atoms with Gasteiger partial charge in [0.05, 0.1) is 12.7 Å². The first-order valence-corrected chi connectivity index (χ1v) is 7.21. The fourth-order valence-electron chi connectivity index (χ4n) is 1.77. The molecule has 3 heteroatoms. The molecule has 0 saturated heterocycles. The fourth-order valence-corrected chi connectivity index (χ4v) is 1.77. The molecule has 0 saturated carbocycles. The van der Waals surface area contributed by atoms with Gasteiger partial charge in [-0.3, -0.25) is 0 Å². The van der Waals surface area contributed by atoms with Crippen LogP contribution >= 0.6 is 0 Å². The smallest absolute Gasteiger partial charge is 0.119 e. The SMILES string of the molecule is CCCNC(C)c1ccc(OCCOC(C)C)cc1. The third-order valence-electron chi connectivity index (χ3n) is 2.88. The Bertz CT molecular complexity index is 335. The molecule has 0 aliphatic rings. The number of hydrogen-bond acceptors (Lipinski definition) is 3. The van der Waals surface area contributed by atoms with Crippen molar-refractivity contribution < 1.29 is 9.47 Å². The highest BCUT2D eigenvalue weighted by atomic mass is 16.5. The second kappa shape index (κ2) is 8.94. The lowest BCUT2D eigenvalue weighted by Gasteiger charge is -2.14. The monoisotopic (exact) mass is 265 g/mol. The van der Waals surface area contributed by atoms with Crippen molar-refractivity contribution in [3.05, 3.63) is 29.8 Å². The molecule has 0 aliphatic carbocycles. The standard InChI is InChI=1S/C16H27NO2/c1-5-10-17-14(4)15-6-8-16(9-7-15)19-12-11-18-13(2)3/h6-9,13-14,17H,5,10-12H2,1-4H3. The third kappa shape index (κ3) is 6.60. The van der Waals surface area contributed by atoms with Crippen LogP contribution in [-0.4, -0.2) is 25.9 Å². The predicted molar refractivity (Wildman–Crippen MR) is 79.7 cm³/mol. The number of benzene rings is 1. The first-order valence-electron chi connectivity index (χ1n) is 7.21. The van der Waals surface area contributed by atoms with E-state index in [4.69, 9.17) is 9.47 Å². The minimum atomic E-state index is 0.261. The van der Waals surface area contributed by atoms with E-state index in [0.29, 0.717) is 19.3 Å². The van der Waals surface area contributed by atoms with Crippen LogP contribution in [-0.2, 0) is 4.74 Å². The zero-order chi connectivity index (χ0) is 14.1. The van der Waals surface area contributed by atoms with Crippen molar-refractivity contribution in [1.82, 2.24) is 5.32 Å². The summed E-state index contributed by atoms with van der Waals surface area (Å²) >= 11 is 0. The van der Waals surface area contributed by atoms with E-state index in [9.17, 15) is 0 Å². The first-order chi connectivity index (χ1) is 9.13. The van der Waals surface area contributed by atoms with E-state index in [1.807, 2.05) is 26.0 Å². The van der Waals surface area contributed by atoms with Gasteiger partial charge in [-0.1, -0.05) is 19.1 Å². The summed E-state index contributed by atoms with van der Waals surface area (Å²) < 4.78 is 11.1. The maximum atomic E-state index is 5.63. The first kappa shape index (κ1) is 16.0. The van der Waals surface area contributed by atoms with Gasteiger partial charge in [0.2, 0.25) is 0 Å². The van der Waals surface area contributed by atoms with Gasteiger partial charge in [-0.25, -0.2) is 0 Å². The number of rotatable bonds is 9. The molecule has 108 valence electrons. The Labute approximate surface area is 117 Å². The normalized spacial score (nSPS) is 12.7. The van der Waals surface area contributed by atoms with Crippen LogP contribution in [0.2, 0.25) is 0 Å². The lowest BCUT2D eigenvalue weighted by molar-refractivity contribution is 0.0552. The number of ether oxygens (including phenoxy) is 2. The lowest BCUT2D eigenvalue weighted by Crippen LogP contribution is -2.19. The highest BCUT2D eigenvalue weighted by Crippen LogP contribution is 2.17. The molecule has 0 spiro atoms. The number of nitrogens with one attached hydrogen (secondary N) is 1. The van der Waals surface area contributed by atoms with Gasteiger partial charge in [0, 0.05) is 6.04 Å². The van der Waals surface area contributed by atoms with Crippen molar-refractivity contribution in [3.63, 3.8) is 0 Å². The summed E-state index contributed by atoms with van der Waals surface area (Å²) in [5.41, 5.74) is 1.29. The average Bonchev–Trinajstić information content (AvgIpc) is 2.41. The Balaban J connectivity index is 2.34. The van der Waals surface area contributed by atoms with Gasteiger partial charge < -0.3 is 14.8 Å². The summed E-state index contributed by atoms with van der Waals surface area (Å²) in [6.07, 6.45) is 1.41. The average molecular weight is 265 g/mol. The molecule has 1 N–H and O–H groups in total. The Kier molecular flexibility index (Phi) is 7.53. The molecule has 1 unspecified atom stereocenters. The summed E-state index contributed by atoms with van der Waals surface area (Å²) in [6.45, 7) is 10.7. The van der Waals surface area contributed by atoms with Crippen LogP contribution in [0, 0.1) is 0 Å². The number of hydrogen-bond donors (Lipinski definition) is 1. The van der Waals surface area contributed by atoms with Gasteiger partial charge in [0.15, 0.2) is 0 Å². The molecule has 1 rings (SSSR count). The summed E-state index contributed by atoms with van der Waals surface area (Å²) in [7, 11) is 0. The van der Waals surface area contributed by atoms with E-state index in [-0.39, 0.29) is 6.10 Å². The zero-order valence-corrected chi connectivity index (χ0v) is 12.6. The molecule has 1 aromatic carbocycles. The Morgan fingerprint density at radius 1 is 1.05 bits per heavy atom. The molecule has 0 amide bonds. The van der Waals surface area contributed by atoms with Gasteiger partial charge in [-0.15, -0.1) is 0 Å². The van der Waals surface area contributed by atoms with Crippen LogP contribution in [0.4, 0.5) is 0 Å². The van der Waals surface area contributed by atoms with Gasteiger partial charge in [0.1, 0.15) is 12.4 Å². The maximum absolute atomic E-state index is 5.63. The van der Waals surface area contributed by atoms with Gasteiger partial charge in [0.25, 0.3) is 0 Å². The minimum absolute atomic E-state index is 0.261. The molecule has 3 nitrogen and oxygen atoms in total. The fraction of sp³-hybridized carbons (Fsp3) is 0.625. The van der Waals surface area contributed by atoms with Gasteiger partial charge in [-0.2, -0.15) is 0 Å². The highest BCUT2D eigenvalue weighted by molar-refractivity contribution is 5.28. The van der Waals surface area contributed by atoms with E-state index >= 15 is 0 Å². The quantitative estimate of drug-likeness (QED) is 0.693. The zero-order valence-electron chi connectivity index (χ0n) is 12.6. The van der Waals surface area contributed by atoms with Crippen molar-refractivity contribution in [2.24, 2.45) is 0 Å². The van der Waals surface area contributed by atoms with Crippen molar-refractivity contribution >= 4 is 0 Å². The van der Waals surface area contributed by atoms with Crippen LogP contribution < -0.4 is 10.1 Å². The van der Waals surface area contributed by atoms with Gasteiger partial charge in [-0.05, 0) is 51.4 Å². The van der Waals surface area contributed by atoms with Crippen molar-refractivity contribution in [3.8, 4) is 5.75 Å². The molecule has 0 bridgehead atoms. The molecule has 0 fully saturated rings. The molecule has 0 heterocycles. The van der Waals surface area contributed by atoms with Crippen molar-refractivity contribution in [1.29, 1.82) is 0 Å². The van der Waals surface area contributed by atoms with Crippen molar-refractivity contribution in [2.45, 2.75) is 46.3 Å². The van der Waals surface area contributed by atoms with E-state index in [1.165, 1.54) is 5.56 Å². The predicted octanol–water partition coefficient (Wildman–Crippen LogP) is 3.55. The molecule has 0 radical (unpaired) electrons. The Hall–Kier alpha value is -1.06. The van der Waals surface area contributed by atoms with Crippen molar-refractivity contribution in [2.75, 3.05) is 19.8 Å². The lowest BCUT2D eigenvalue weighted by atomic mass is 10.1. The summed E-state index contributed by atoms with van der Waals surface area (Å²) in [5.74, 6) is 0.902. The molecule has 0 aliphatic heterocycles. The van der Waals surface area contributed by atoms with E-state index in [1.54, 1.807) is 0 Å². The highest BCUT2D eigenvalue weighted by Gasteiger charge is 2.04. The summed E-state index contributed by atoms with van der Waals surface area (Å²) in [4.78, 5) is 0. The van der Waals surface area contributed by atoms with E-state index < -0.39 is 0 Å². The Morgan fingerprint density at radius 3 is 2.32 bits per heavy atom.